The highest BCUT2D eigenvalue weighted by Gasteiger charge is 2.23. The average Bonchev–Trinajstić information content (AvgIpc) is 3.13. The van der Waals surface area contributed by atoms with Crippen LogP contribution in [0.2, 0.25) is 0 Å². The van der Waals surface area contributed by atoms with Crippen molar-refractivity contribution in [2.75, 3.05) is 36.9 Å². The van der Waals surface area contributed by atoms with Crippen LogP contribution in [-0.2, 0) is 0 Å². The van der Waals surface area contributed by atoms with Gasteiger partial charge in [-0.1, -0.05) is 0 Å². The number of likely N-dealkylation sites (N-methyl/N-ethyl adjacent to an activating group) is 1. The van der Waals surface area contributed by atoms with Crippen LogP contribution in [0, 0.1) is 13.8 Å². The summed E-state index contributed by atoms with van der Waals surface area (Å²) in [5, 5.41) is 7.14. The fraction of sp³-hybridized carbons (Fsp3) is 0.364. The molecule has 3 N–H and O–H groups in total. The molecular formula is C22H27N7O2. The zero-order valence-electron chi connectivity index (χ0n) is 18.2. The van der Waals surface area contributed by atoms with Crippen LogP contribution in [0.15, 0.2) is 30.5 Å². The highest BCUT2D eigenvalue weighted by molar-refractivity contribution is 6.08. The van der Waals surface area contributed by atoms with Crippen LogP contribution in [0.4, 0.5) is 11.4 Å². The van der Waals surface area contributed by atoms with E-state index in [1.165, 1.54) is 0 Å². The normalized spacial score (nSPS) is 17.2. The Labute approximate surface area is 180 Å². The minimum absolute atomic E-state index is 0.239. The fourth-order valence-corrected chi connectivity index (χ4v) is 4.14. The first-order valence-corrected chi connectivity index (χ1v) is 10.3. The number of anilines is 2. The SMILES string of the molecule is Cc1cn2nc(C(=O)Nc3ccc(N4CCN(C)C[C@H]4C)cc3C(N)=O)cc2c(C)n1. The van der Waals surface area contributed by atoms with Crippen molar-refractivity contribution in [3.05, 3.63) is 53.1 Å². The number of benzene rings is 1. The van der Waals surface area contributed by atoms with Crippen molar-refractivity contribution in [3.8, 4) is 0 Å². The van der Waals surface area contributed by atoms with Gasteiger partial charge in [-0.05, 0) is 52.1 Å². The molecule has 3 aromatic rings. The first kappa shape index (κ1) is 20.8. The van der Waals surface area contributed by atoms with Gasteiger partial charge in [-0.25, -0.2) is 4.52 Å². The molecule has 1 aliphatic rings. The van der Waals surface area contributed by atoms with E-state index < -0.39 is 11.8 Å². The molecule has 9 nitrogen and oxygen atoms in total. The number of nitrogens with zero attached hydrogens (tertiary/aromatic N) is 5. The summed E-state index contributed by atoms with van der Waals surface area (Å²) in [5.74, 6) is -1.01. The Kier molecular flexibility index (Phi) is 5.36. The summed E-state index contributed by atoms with van der Waals surface area (Å²) in [6, 6.07) is 7.37. The lowest BCUT2D eigenvalue weighted by atomic mass is 10.1. The molecule has 0 unspecified atom stereocenters. The standard InChI is InChI=1S/C22H27N7O2/c1-13-11-29-20(15(3)24-13)10-19(26-29)22(31)25-18-6-5-16(9-17(18)21(23)30)28-8-7-27(4)12-14(28)2/h5-6,9-11,14H,7-8,12H2,1-4H3,(H2,23,30)(H,25,31)/t14-/m1/s1. The van der Waals surface area contributed by atoms with E-state index in [-0.39, 0.29) is 11.3 Å². The van der Waals surface area contributed by atoms with E-state index in [4.69, 9.17) is 5.73 Å². The van der Waals surface area contributed by atoms with Crippen LogP contribution < -0.4 is 16.0 Å². The Morgan fingerprint density at radius 1 is 1.19 bits per heavy atom. The Bertz CT molecular complexity index is 1170. The third-order valence-electron chi connectivity index (χ3n) is 5.67. The lowest BCUT2D eigenvalue weighted by Gasteiger charge is -2.40. The van der Waals surface area contributed by atoms with Gasteiger partial charge in [-0.15, -0.1) is 0 Å². The van der Waals surface area contributed by atoms with E-state index in [1.807, 2.05) is 19.9 Å². The number of carbonyl (C=O) groups is 2. The molecule has 1 aliphatic heterocycles. The number of fused-ring (bicyclic) bond motifs is 1. The van der Waals surface area contributed by atoms with Gasteiger partial charge < -0.3 is 20.9 Å². The Balaban J connectivity index is 1.61. The number of aryl methyl sites for hydroxylation is 2. The Morgan fingerprint density at radius 2 is 1.97 bits per heavy atom. The molecular weight excluding hydrogens is 394 g/mol. The van der Waals surface area contributed by atoms with Crippen LogP contribution in [0.5, 0.6) is 0 Å². The van der Waals surface area contributed by atoms with E-state index in [0.29, 0.717) is 11.7 Å². The summed E-state index contributed by atoms with van der Waals surface area (Å²) in [6.45, 7) is 8.63. The Morgan fingerprint density at radius 3 is 2.68 bits per heavy atom. The van der Waals surface area contributed by atoms with Gasteiger partial charge in [0.15, 0.2) is 5.69 Å². The summed E-state index contributed by atoms with van der Waals surface area (Å²) in [4.78, 5) is 33.9. The molecule has 162 valence electrons. The number of hydrogen-bond donors (Lipinski definition) is 2. The maximum Gasteiger partial charge on any atom is 0.276 e. The highest BCUT2D eigenvalue weighted by Crippen LogP contribution is 2.26. The second-order valence-corrected chi connectivity index (χ2v) is 8.18. The van der Waals surface area contributed by atoms with Crippen molar-refractivity contribution in [1.29, 1.82) is 0 Å². The number of nitrogens with one attached hydrogen (secondary N) is 1. The van der Waals surface area contributed by atoms with Crippen molar-refractivity contribution in [2.24, 2.45) is 5.73 Å². The smallest absolute Gasteiger partial charge is 0.276 e. The number of nitrogens with two attached hydrogens (primary N) is 1. The minimum atomic E-state index is -0.593. The van der Waals surface area contributed by atoms with Crippen molar-refractivity contribution >= 4 is 28.7 Å². The van der Waals surface area contributed by atoms with E-state index in [2.05, 4.69) is 39.2 Å². The zero-order valence-corrected chi connectivity index (χ0v) is 18.2. The molecule has 1 aromatic carbocycles. The second-order valence-electron chi connectivity index (χ2n) is 8.18. The topological polar surface area (TPSA) is 109 Å². The van der Waals surface area contributed by atoms with Gasteiger partial charge in [-0.3, -0.25) is 14.6 Å². The lowest BCUT2D eigenvalue weighted by Crippen LogP contribution is -2.50. The van der Waals surface area contributed by atoms with Crippen LogP contribution >= 0.6 is 0 Å². The minimum Gasteiger partial charge on any atom is -0.366 e. The molecule has 1 atom stereocenters. The Hall–Kier alpha value is -3.46. The molecule has 0 bridgehead atoms. The van der Waals surface area contributed by atoms with Gasteiger partial charge in [0.05, 0.1) is 34.4 Å². The second kappa shape index (κ2) is 7.99. The summed E-state index contributed by atoms with van der Waals surface area (Å²) < 4.78 is 1.64. The van der Waals surface area contributed by atoms with Crippen molar-refractivity contribution in [1.82, 2.24) is 19.5 Å². The number of rotatable bonds is 4. The van der Waals surface area contributed by atoms with Gasteiger partial charge in [0, 0.05) is 31.4 Å². The van der Waals surface area contributed by atoms with Crippen LogP contribution in [-0.4, -0.2) is 64.0 Å². The summed E-state index contributed by atoms with van der Waals surface area (Å²) in [5.41, 5.74) is 9.78. The number of piperazine rings is 1. The number of amides is 2. The summed E-state index contributed by atoms with van der Waals surface area (Å²) >= 11 is 0. The van der Waals surface area contributed by atoms with Gasteiger partial charge in [-0.2, -0.15) is 5.10 Å². The van der Waals surface area contributed by atoms with Gasteiger partial charge in [0.1, 0.15) is 0 Å². The molecule has 2 amide bonds. The molecule has 0 aliphatic carbocycles. The fourth-order valence-electron chi connectivity index (χ4n) is 4.14. The predicted molar refractivity (Wildman–Crippen MR) is 120 cm³/mol. The third-order valence-corrected chi connectivity index (χ3v) is 5.67. The summed E-state index contributed by atoms with van der Waals surface area (Å²) in [6.07, 6.45) is 1.76. The molecule has 1 saturated heterocycles. The van der Waals surface area contributed by atoms with Crippen molar-refractivity contribution < 1.29 is 9.59 Å². The monoisotopic (exact) mass is 421 g/mol. The molecule has 0 saturated carbocycles. The summed E-state index contributed by atoms with van der Waals surface area (Å²) in [7, 11) is 2.10. The first-order chi connectivity index (χ1) is 14.7. The first-order valence-electron chi connectivity index (χ1n) is 10.3. The molecule has 3 heterocycles. The molecule has 0 radical (unpaired) electrons. The predicted octanol–water partition coefficient (Wildman–Crippen LogP) is 1.84. The van der Waals surface area contributed by atoms with Crippen molar-refractivity contribution in [2.45, 2.75) is 26.8 Å². The number of hydrogen-bond acceptors (Lipinski definition) is 6. The maximum absolute atomic E-state index is 12.9. The largest absolute Gasteiger partial charge is 0.366 e. The third kappa shape index (κ3) is 4.09. The number of carbonyl (C=O) groups excluding carboxylic acids is 2. The van der Waals surface area contributed by atoms with Crippen LogP contribution in [0.1, 0.15) is 39.2 Å². The zero-order chi connectivity index (χ0) is 22.3. The quantitative estimate of drug-likeness (QED) is 0.665. The maximum atomic E-state index is 12.9. The molecule has 9 heteroatoms. The molecule has 2 aromatic heterocycles. The van der Waals surface area contributed by atoms with E-state index in [0.717, 1.165) is 42.2 Å². The molecule has 1 fully saturated rings. The van der Waals surface area contributed by atoms with Crippen molar-refractivity contribution in [3.63, 3.8) is 0 Å². The van der Waals surface area contributed by atoms with E-state index in [9.17, 15) is 9.59 Å². The highest BCUT2D eigenvalue weighted by atomic mass is 16.2. The van der Waals surface area contributed by atoms with Gasteiger partial charge >= 0.3 is 0 Å². The molecule has 0 spiro atoms. The van der Waals surface area contributed by atoms with E-state index >= 15 is 0 Å². The van der Waals surface area contributed by atoms with Crippen LogP contribution in [0.3, 0.4) is 0 Å². The number of aromatic nitrogens is 3. The van der Waals surface area contributed by atoms with Gasteiger partial charge in [0.2, 0.25) is 0 Å². The average molecular weight is 422 g/mol. The van der Waals surface area contributed by atoms with Crippen LogP contribution in [0.25, 0.3) is 5.52 Å². The lowest BCUT2D eigenvalue weighted by molar-refractivity contribution is 0.100. The molecule has 31 heavy (non-hydrogen) atoms. The van der Waals surface area contributed by atoms with Gasteiger partial charge in [0.25, 0.3) is 11.8 Å². The molecule has 4 rings (SSSR count). The van der Waals surface area contributed by atoms with E-state index in [1.54, 1.807) is 28.9 Å². The number of primary amides is 1.